The fourth-order valence-electron chi connectivity index (χ4n) is 0. The van der Waals surface area contributed by atoms with Crippen molar-refractivity contribution < 1.29 is 8.76 Å². The van der Waals surface area contributed by atoms with Gasteiger partial charge in [-0.05, 0) is 0 Å². The van der Waals surface area contributed by atoms with Gasteiger partial charge in [0.25, 0.3) is 0 Å². The SMILES string of the molecule is C.O=S([O-])S. The second kappa shape index (κ2) is 4.46. The van der Waals surface area contributed by atoms with Gasteiger partial charge >= 0.3 is 0 Å². The molecule has 0 saturated heterocycles. The fraction of sp³-hybridized carbons (Fsp3) is 1.00. The Morgan fingerprint density at radius 3 is 1.80 bits per heavy atom. The molecule has 0 aliphatic rings. The predicted molar refractivity (Wildman–Crippen MR) is 24.6 cm³/mol. The Labute approximate surface area is 38.7 Å². The van der Waals surface area contributed by atoms with Crippen LogP contribution < -0.4 is 0 Å². The summed E-state index contributed by atoms with van der Waals surface area (Å²) >= 11 is 2.88. The van der Waals surface area contributed by atoms with Crippen LogP contribution in [0.15, 0.2) is 0 Å². The minimum Gasteiger partial charge on any atom is -0.764 e. The Bertz CT molecular complexity index is 30.6. The first kappa shape index (κ1) is 9.07. The Morgan fingerprint density at radius 1 is 1.80 bits per heavy atom. The second-order valence-electron chi connectivity index (χ2n) is 0.217. The molecular weight excluding hydrogens is 108 g/mol. The van der Waals surface area contributed by atoms with E-state index >= 15 is 0 Å². The van der Waals surface area contributed by atoms with Gasteiger partial charge in [0, 0.05) is 10.1 Å². The first-order chi connectivity index (χ1) is 1.73. The molecular formula is CH5O2S2-. The molecule has 0 fully saturated rings. The van der Waals surface area contributed by atoms with Crippen LogP contribution in [0, 0.1) is 0 Å². The highest BCUT2D eigenvalue weighted by molar-refractivity contribution is 8.57. The molecule has 0 spiro atoms. The molecule has 34 valence electrons. The average Bonchev–Trinajstić information content (AvgIpc) is 0.811. The molecule has 0 heterocycles. The van der Waals surface area contributed by atoms with Crippen molar-refractivity contribution in [3.05, 3.63) is 0 Å². The Balaban J connectivity index is 0. The van der Waals surface area contributed by atoms with Crippen LogP contribution in [-0.4, -0.2) is 8.76 Å². The molecule has 0 aromatic rings. The van der Waals surface area contributed by atoms with E-state index < -0.39 is 10.1 Å². The normalized spacial score (nSPS) is 12.4. The van der Waals surface area contributed by atoms with Crippen LogP contribution in [0.4, 0.5) is 0 Å². The van der Waals surface area contributed by atoms with Crippen LogP contribution in [0.2, 0.25) is 0 Å². The lowest BCUT2D eigenvalue weighted by atomic mass is 12.0. The highest BCUT2D eigenvalue weighted by Crippen LogP contribution is 1.69. The summed E-state index contributed by atoms with van der Waals surface area (Å²) < 4.78 is 17.7. The minimum absolute atomic E-state index is 0. The average molecular weight is 113 g/mol. The van der Waals surface area contributed by atoms with Gasteiger partial charge < -0.3 is 4.55 Å². The Hall–Kier alpha value is 0.460. The van der Waals surface area contributed by atoms with Gasteiger partial charge in [-0.25, -0.2) is 0 Å². The molecule has 1 atom stereocenters. The van der Waals surface area contributed by atoms with E-state index in [0.29, 0.717) is 0 Å². The second-order valence-corrected chi connectivity index (χ2v) is 1.55. The lowest BCUT2D eigenvalue weighted by molar-refractivity contribution is 0.554. The molecule has 4 heteroatoms. The summed E-state index contributed by atoms with van der Waals surface area (Å²) in [6, 6.07) is 0. The molecule has 0 rings (SSSR count). The summed E-state index contributed by atoms with van der Waals surface area (Å²) in [5.41, 5.74) is 0. The van der Waals surface area contributed by atoms with Crippen molar-refractivity contribution in [3.63, 3.8) is 0 Å². The van der Waals surface area contributed by atoms with E-state index in [9.17, 15) is 0 Å². The molecule has 0 aromatic carbocycles. The maximum atomic E-state index is 8.86. The van der Waals surface area contributed by atoms with Gasteiger partial charge in [0.2, 0.25) is 0 Å². The van der Waals surface area contributed by atoms with Crippen LogP contribution in [0.5, 0.6) is 0 Å². The van der Waals surface area contributed by atoms with Crippen LogP contribution in [-0.2, 0) is 10.1 Å². The van der Waals surface area contributed by atoms with E-state index in [0.717, 1.165) is 0 Å². The van der Waals surface area contributed by atoms with Gasteiger partial charge in [-0.3, -0.25) is 4.21 Å². The topological polar surface area (TPSA) is 40.1 Å². The third-order valence-corrected chi connectivity index (χ3v) is 0. The van der Waals surface area contributed by atoms with Crippen molar-refractivity contribution >= 4 is 21.8 Å². The van der Waals surface area contributed by atoms with E-state index in [-0.39, 0.29) is 7.43 Å². The Morgan fingerprint density at radius 2 is 1.80 bits per heavy atom. The van der Waals surface area contributed by atoms with Crippen molar-refractivity contribution in [1.82, 2.24) is 0 Å². The van der Waals surface area contributed by atoms with Crippen LogP contribution >= 0.6 is 11.7 Å². The summed E-state index contributed by atoms with van der Waals surface area (Å²) in [7, 11) is -2.17. The zero-order valence-corrected chi connectivity index (χ0v) is 3.38. The summed E-state index contributed by atoms with van der Waals surface area (Å²) in [5, 5.41) is 0. The molecule has 0 saturated carbocycles. The molecule has 0 amide bonds. The summed E-state index contributed by atoms with van der Waals surface area (Å²) in [6.45, 7) is 0. The van der Waals surface area contributed by atoms with Crippen molar-refractivity contribution in [1.29, 1.82) is 0 Å². The fourth-order valence-corrected chi connectivity index (χ4v) is 0. The van der Waals surface area contributed by atoms with E-state index in [1.807, 2.05) is 0 Å². The predicted octanol–water partition coefficient (Wildman–Crippen LogP) is 0.346. The third-order valence-electron chi connectivity index (χ3n) is 0. The quantitative estimate of drug-likeness (QED) is 0.280. The molecule has 5 heavy (non-hydrogen) atoms. The number of hydrogen-bond donors (Lipinski definition) is 1. The van der Waals surface area contributed by atoms with Gasteiger partial charge in [-0.2, -0.15) is 0 Å². The molecule has 0 N–H and O–H groups in total. The lowest BCUT2D eigenvalue weighted by Gasteiger charge is -1.83. The molecule has 1 unspecified atom stereocenters. The Kier molecular flexibility index (Phi) is 8.09. The van der Waals surface area contributed by atoms with Gasteiger partial charge in [-0.15, -0.1) is 0 Å². The zero-order valence-electron chi connectivity index (χ0n) is 1.67. The van der Waals surface area contributed by atoms with Crippen molar-refractivity contribution in [2.45, 2.75) is 7.43 Å². The van der Waals surface area contributed by atoms with Gasteiger partial charge in [-0.1, -0.05) is 19.1 Å². The summed E-state index contributed by atoms with van der Waals surface area (Å²) in [6.07, 6.45) is 0. The maximum Gasteiger partial charge on any atom is 0.00367 e. The highest BCUT2D eigenvalue weighted by Gasteiger charge is 1.42. The van der Waals surface area contributed by atoms with Crippen LogP contribution in [0.3, 0.4) is 0 Å². The van der Waals surface area contributed by atoms with E-state index in [1.54, 1.807) is 0 Å². The molecule has 0 aromatic heterocycles. The largest absolute Gasteiger partial charge is 0.764 e. The maximum absolute atomic E-state index is 8.86. The zero-order chi connectivity index (χ0) is 3.58. The highest BCUT2D eigenvalue weighted by atomic mass is 33.1. The molecule has 0 aliphatic heterocycles. The molecule has 0 bridgehead atoms. The summed E-state index contributed by atoms with van der Waals surface area (Å²) in [4.78, 5) is 0. The van der Waals surface area contributed by atoms with Gasteiger partial charge in [0.15, 0.2) is 0 Å². The van der Waals surface area contributed by atoms with Gasteiger partial charge in [0.1, 0.15) is 0 Å². The first-order valence-corrected chi connectivity index (χ1v) is 2.64. The smallest absolute Gasteiger partial charge is 0.00367 e. The van der Waals surface area contributed by atoms with Gasteiger partial charge in [0.05, 0.1) is 0 Å². The lowest BCUT2D eigenvalue weighted by Crippen LogP contribution is -1.61. The van der Waals surface area contributed by atoms with Crippen LogP contribution in [0.25, 0.3) is 0 Å². The van der Waals surface area contributed by atoms with Crippen molar-refractivity contribution in [2.24, 2.45) is 0 Å². The van der Waals surface area contributed by atoms with E-state index in [2.05, 4.69) is 11.7 Å². The van der Waals surface area contributed by atoms with Crippen LogP contribution in [0.1, 0.15) is 7.43 Å². The monoisotopic (exact) mass is 113 g/mol. The number of thiol groups is 1. The van der Waals surface area contributed by atoms with E-state index in [1.165, 1.54) is 0 Å². The number of hydrogen-bond acceptors (Lipinski definition) is 2. The minimum atomic E-state index is -2.17. The molecule has 0 radical (unpaired) electrons. The van der Waals surface area contributed by atoms with Crippen molar-refractivity contribution in [3.8, 4) is 0 Å². The molecule has 2 nitrogen and oxygen atoms in total. The third kappa shape index (κ3) is 128. The summed E-state index contributed by atoms with van der Waals surface area (Å²) in [5.74, 6) is 0. The van der Waals surface area contributed by atoms with E-state index in [4.69, 9.17) is 8.76 Å². The van der Waals surface area contributed by atoms with Crippen molar-refractivity contribution in [2.75, 3.05) is 0 Å². The number of rotatable bonds is 0. The first-order valence-electron chi connectivity index (χ1n) is 0.516. The molecule has 0 aliphatic carbocycles. The standard InChI is InChI=1S/CH4.H2O2S2/c;1-4(2)3/h1H4;(H2,1,2,3)/p-1.